The van der Waals surface area contributed by atoms with E-state index in [2.05, 4.69) is 48.0 Å². The van der Waals surface area contributed by atoms with E-state index in [-0.39, 0.29) is 10.6 Å². The van der Waals surface area contributed by atoms with E-state index in [1.54, 1.807) is 6.07 Å². The van der Waals surface area contributed by atoms with Gasteiger partial charge in [0.2, 0.25) is 0 Å². The Morgan fingerprint density at radius 1 is 1.16 bits per heavy atom. The number of benzene rings is 2. The minimum Gasteiger partial charge on any atom is -0.207 e. The molecule has 0 fully saturated rings. The van der Waals surface area contributed by atoms with Crippen LogP contribution in [-0.2, 0) is 6.42 Å². The zero-order valence-electron chi connectivity index (χ0n) is 10.9. The molecule has 0 spiro atoms. The molecule has 0 saturated heterocycles. The summed E-state index contributed by atoms with van der Waals surface area (Å²) in [6.45, 7) is 4.18. The molecule has 2 aromatic carbocycles. The second kappa shape index (κ2) is 6.06. The van der Waals surface area contributed by atoms with Crippen molar-refractivity contribution in [1.82, 2.24) is 0 Å². The maximum Gasteiger partial charge on any atom is 0.124 e. The molecule has 0 amide bonds. The Bertz CT molecular complexity index is 595. The molecule has 2 rings (SSSR count). The summed E-state index contributed by atoms with van der Waals surface area (Å²) in [6.07, 6.45) is 0.832. The molecule has 1 unspecified atom stereocenters. The lowest BCUT2D eigenvalue weighted by Gasteiger charge is -2.14. The molecule has 0 aliphatic rings. The summed E-state index contributed by atoms with van der Waals surface area (Å²) in [6, 6.07) is 10.9. The summed E-state index contributed by atoms with van der Waals surface area (Å²) in [5, 5.41) is 0.465. The summed E-state index contributed by atoms with van der Waals surface area (Å²) in [4.78, 5) is 0.0844. The van der Waals surface area contributed by atoms with Crippen molar-refractivity contribution in [2.45, 2.75) is 25.1 Å². The van der Waals surface area contributed by atoms with E-state index >= 15 is 0 Å². The normalized spacial score (nSPS) is 12.5. The standard InChI is InChI=1S/C16H15BrClF/c1-10-3-4-11(2)12(7-10)8-15(17)14-6-5-13(19)9-16(14)18/h3-7,9,15H,8H2,1-2H3. The second-order valence-electron chi connectivity index (χ2n) is 4.77. The van der Waals surface area contributed by atoms with Gasteiger partial charge in [0.15, 0.2) is 0 Å². The summed E-state index contributed by atoms with van der Waals surface area (Å²) in [5.41, 5.74) is 4.70. The molecule has 0 radical (unpaired) electrons. The van der Waals surface area contributed by atoms with Gasteiger partial charge in [0, 0.05) is 9.85 Å². The van der Waals surface area contributed by atoms with Crippen LogP contribution < -0.4 is 0 Å². The molecule has 1 atom stereocenters. The lowest BCUT2D eigenvalue weighted by molar-refractivity contribution is 0.627. The van der Waals surface area contributed by atoms with Crippen LogP contribution in [0.15, 0.2) is 36.4 Å². The number of halogens is 3. The third-order valence-corrected chi connectivity index (χ3v) is 4.35. The van der Waals surface area contributed by atoms with Crippen molar-refractivity contribution in [1.29, 1.82) is 0 Å². The monoisotopic (exact) mass is 340 g/mol. The predicted octanol–water partition coefficient (Wildman–Crippen LogP) is 5.77. The highest BCUT2D eigenvalue weighted by molar-refractivity contribution is 9.09. The van der Waals surface area contributed by atoms with Crippen LogP contribution in [-0.4, -0.2) is 0 Å². The fraction of sp³-hybridized carbons (Fsp3) is 0.250. The third kappa shape index (κ3) is 3.58. The number of hydrogen-bond donors (Lipinski definition) is 0. The van der Waals surface area contributed by atoms with Gasteiger partial charge in [0.25, 0.3) is 0 Å². The molecule has 19 heavy (non-hydrogen) atoms. The fourth-order valence-electron chi connectivity index (χ4n) is 2.08. The van der Waals surface area contributed by atoms with Gasteiger partial charge in [-0.1, -0.05) is 57.4 Å². The Balaban J connectivity index is 2.25. The lowest BCUT2D eigenvalue weighted by atomic mass is 9.98. The molecule has 0 saturated carbocycles. The Morgan fingerprint density at radius 2 is 1.89 bits per heavy atom. The Labute approximate surface area is 126 Å². The van der Waals surface area contributed by atoms with Gasteiger partial charge < -0.3 is 0 Å². The average Bonchev–Trinajstić information content (AvgIpc) is 2.33. The van der Waals surface area contributed by atoms with Gasteiger partial charge >= 0.3 is 0 Å². The molecule has 0 nitrogen and oxygen atoms in total. The van der Waals surface area contributed by atoms with Crippen molar-refractivity contribution in [2.75, 3.05) is 0 Å². The predicted molar refractivity (Wildman–Crippen MR) is 82.7 cm³/mol. The number of aryl methyl sites for hydroxylation is 2. The zero-order valence-corrected chi connectivity index (χ0v) is 13.2. The van der Waals surface area contributed by atoms with Gasteiger partial charge in [-0.15, -0.1) is 0 Å². The van der Waals surface area contributed by atoms with Crippen molar-refractivity contribution in [3.63, 3.8) is 0 Å². The third-order valence-electron chi connectivity index (χ3n) is 3.20. The van der Waals surface area contributed by atoms with Crippen LogP contribution in [0.3, 0.4) is 0 Å². The van der Waals surface area contributed by atoms with Crippen LogP contribution in [0.4, 0.5) is 4.39 Å². The highest BCUT2D eigenvalue weighted by Gasteiger charge is 2.14. The van der Waals surface area contributed by atoms with E-state index in [0.717, 1.165) is 12.0 Å². The zero-order chi connectivity index (χ0) is 14.0. The van der Waals surface area contributed by atoms with Crippen LogP contribution in [0.5, 0.6) is 0 Å². The highest BCUT2D eigenvalue weighted by atomic mass is 79.9. The minimum absolute atomic E-state index is 0.0844. The maximum atomic E-state index is 13.1. The van der Waals surface area contributed by atoms with Crippen molar-refractivity contribution < 1.29 is 4.39 Å². The van der Waals surface area contributed by atoms with Gasteiger partial charge in [0.1, 0.15) is 5.82 Å². The van der Waals surface area contributed by atoms with Gasteiger partial charge in [-0.25, -0.2) is 4.39 Å². The first kappa shape index (κ1) is 14.5. The van der Waals surface area contributed by atoms with E-state index in [4.69, 9.17) is 11.6 Å². The van der Waals surface area contributed by atoms with Crippen molar-refractivity contribution in [2.24, 2.45) is 0 Å². The minimum atomic E-state index is -0.305. The lowest BCUT2D eigenvalue weighted by Crippen LogP contribution is -1.99. The summed E-state index contributed by atoms with van der Waals surface area (Å²) in [5.74, 6) is -0.305. The van der Waals surface area contributed by atoms with E-state index < -0.39 is 0 Å². The molecular weight excluding hydrogens is 327 g/mol. The molecule has 3 heteroatoms. The van der Waals surface area contributed by atoms with Crippen molar-refractivity contribution in [3.05, 3.63) is 69.5 Å². The second-order valence-corrected chi connectivity index (χ2v) is 6.28. The summed E-state index contributed by atoms with van der Waals surface area (Å²) in [7, 11) is 0. The maximum absolute atomic E-state index is 13.1. The smallest absolute Gasteiger partial charge is 0.124 e. The highest BCUT2D eigenvalue weighted by Crippen LogP contribution is 2.33. The fourth-order valence-corrected chi connectivity index (χ4v) is 3.26. The van der Waals surface area contributed by atoms with Crippen LogP contribution in [0, 0.1) is 19.7 Å². The molecule has 2 aromatic rings. The first-order valence-corrected chi connectivity index (χ1v) is 7.42. The number of alkyl halides is 1. The molecule has 0 aromatic heterocycles. The Kier molecular flexibility index (Phi) is 4.64. The molecule has 0 aliphatic heterocycles. The van der Waals surface area contributed by atoms with E-state index in [9.17, 15) is 4.39 Å². The van der Waals surface area contributed by atoms with Crippen molar-refractivity contribution >= 4 is 27.5 Å². The largest absolute Gasteiger partial charge is 0.207 e. The molecule has 0 bridgehead atoms. The Hall–Kier alpha value is -0.860. The summed E-state index contributed by atoms with van der Waals surface area (Å²) >= 11 is 9.74. The van der Waals surface area contributed by atoms with E-state index in [1.165, 1.54) is 28.8 Å². The first-order valence-electron chi connectivity index (χ1n) is 6.12. The van der Waals surface area contributed by atoms with E-state index in [0.29, 0.717) is 5.02 Å². The topological polar surface area (TPSA) is 0 Å². The number of rotatable bonds is 3. The molecule has 0 aliphatic carbocycles. The number of hydrogen-bond acceptors (Lipinski definition) is 0. The van der Waals surface area contributed by atoms with Crippen LogP contribution in [0.1, 0.15) is 27.1 Å². The van der Waals surface area contributed by atoms with Crippen LogP contribution >= 0.6 is 27.5 Å². The van der Waals surface area contributed by atoms with E-state index in [1.807, 2.05) is 0 Å². The quantitative estimate of drug-likeness (QED) is 0.621. The van der Waals surface area contributed by atoms with Crippen molar-refractivity contribution in [3.8, 4) is 0 Å². The first-order chi connectivity index (χ1) is 8.97. The average molecular weight is 342 g/mol. The van der Waals surface area contributed by atoms with Gasteiger partial charge in [0.05, 0.1) is 0 Å². The molecular formula is C16H15BrClF. The van der Waals surface area contributed by atoms with Crippen LogP contribution in [0.2, 0.25) is 5.02 Å². The molecule has 0 N–H and O–H groups in total. The van der Waals surface area contributed by atoms with Gasteiger partial charge in [-0.3, -0.25) is 0 Å². The molecule has 0 heterocycles. The Morgan fingerprint density at radius 3 is 2.58 bits per heavy atom. The molecule has 100 valence electrons. The summed E-state index contributed by atoms with van der Waals surface area (Å²) < 4.78 is 13.1. The van der Waals surface area contributed by atoms with Crippen LogP contribution in [0.25, 0.3) is 0 Å². The SMILES string of the molecule is Cc1ccc(C)c(CC(Br)c2ccc(F)cc2Cl)c1. The van der Waals surface area contributed by atoms with Gasteiger partial charge in [-0.2, -0.15) is 0 Å². The van der Waals surface area contributed by atoms with Gasteiger partial charge in [-0.05, 0) is 49.1 Å².